The van der Waals surface area contributed by atoms with Crippen LogP contribution in [0, 0.1) is 5.41 Å². The largest absolute Gasteiger partial charge is 0.339 e. The first kappa shape index (κ1) is 14.8. The van der Waals surface area contributed by atoms with E-state index in [1.165, 1.54) is 12.8 Å². The number of nitrogens with zero attached hydrogens (tertiary/aromatic N) is 2. The van der Waals surface area contributed by atoms with Crippen molar-refractivity contribution in [2.24, 2.45) is 5.41 Å². The summed E-state index contributed by atoms with van der Waals surface area (Å²) in [5, 5.41) is 0. The monoisotopic (exact) mass is 258 g/mol. The van der Waals surface area contributed by atoms with E-state index in [-0.39, 0.29) is 5.41 Å². The van der Waals surface area contributed by atoms with Crippen molar-refractivity contribution in [2.45, 2.75) is 39.2 Å². The molecule has 0 aromatic heterocycles. The summed E-state index contributed by atoms with van der Waals surface area (Å²) in [6, 6.07) is 0.290. The van der Waals surface area contributed by atoms with Crippen LogP contribution < -0.4 is 0 Å². The van der Waals surface area contributed by atoms with E-state index in [0.717, 1.165) is 18.8 Å². The molecule has 0 aromatic rings. The molecule has 1 fully saturated rings. The van der Waals surface area contributed by atoms with Gasteiger partial charge in [-0.3, -0.25) is 4.79 Å². The van der Waals surface area contributed by atoms with E-state index >= 15 is 0 Å². The van der Waals surface area contributed by atoms with E-state index in [1.54, 1.807) is 0 Å². The topological polar surface area (TPSA) is 23.6 Å². The van der Waals surface area contributed by atoms with Crippen molar-refractivity contribution in [2.75, 3.05) is 32.9 Å². The highest BCUT2D eigenvalue weighted by Gasteiger charge is 2.43. The third kappa shape index (κ3) is 4.18. The number of hydrogen-bond donors (Lipinski definition) is 1. The highest BCUT2D eigenvalue weighted by atomic mass is 32.1. The number of thiol groups is 1. The normalized spacial score (nSPS) is 19.2. The minimum absolute atomic E-state index is 0.228. The Hall–Kier alpha value is -0.220. The summed E-state index contributed by atoms with van der Waals surface area (Å²) in [7, 11) is 4.09. The number of hydrogen-bond acceptors (Lipinski definition) is 3. The van der Waals surface area contributed by atoms with Crippen molar-refractivity contribution in [1.82, 2.24) is 9.80 Å². The Labute approximate surface area is 111 Å². The summed E-state index contributed by atoms with van der Waals surface area (Å²) >= 11 is 4.36. The molecule has 3 nitrogen and oxygen atoms in total. The minimum Gasteiger partial charge on any atom is -0.339 e. The lowest BCUT2D eigenvalue weighted by Gasteiger charge is -2.31. The van der Waals surface area contributed by atoms with Gasteiger partial charge < -0.3 is 9.80 Å². The number of amides is 1. The van der Waals surface area contributed by atoms with Crippen LogP contribution >= 0.6 is 12.6 Å². The van der Waals surface area contributed by atoms with Gasteiger partial charge in [0.25, 0.3) is 0 Å². The lowest BCUT2D eigenvalue weighted by molar-refractivity contribution is -0.134. The Bertz CT molecular complexity index is 264. The summed E-state index contributed by atoms with van der Waals surface area (Å²) in [6.07, 6.45) is 3.02. The maximum atomic E-state index is 12.3. The van der Waals surface area contributed by atoms with Crippen LogP contribution in [-0.2, 0) is 4.79 Å². The standard InChI is InChI=1S/C13H26N2OS/c1-5-15(11(2)9-14(3)4)12(16)8-13(10-17)6-7-13/h11,17H,5-10H2,1-4H3. The second-order valence-electron chi connectivity index (χ2n) is 5.63. The molecular weight excluding hydrogens is 232 g/mol. The van der Waals surface area contributed by atoms with Crippen LogP contribution in [0.5, 0.6) is 0 Å². The molecule has 4 heteroatoms. The molecule has 1 saturated carbocycles. The SMILES string of the molecule is CCN(C(=O)CC1(CS)CC1)C(C)CN(C)C. The first-order valence-electron chi connectivity index (χ1n) is 6.49. The maximum Gasteiger partial charge on any atom is 0.223 e. The van der Waals surface area contributed by atoms with Gasteiger partial charge in [-0.25, -0.2) is 0 Å². The minimum atomic E-state index is 0.228. The zero-order valence-corrected chi connectivity index (χ0v) is 12.5. The Morgan fingerprint density at radius 1 is 1.41 bits per heavy atom. The van der Waals surface area contributed by atoms with E-state index < -0.39 is 0 Å². The van der Waals surface area contributed by atoms with Crippen molar-refractivity contribution >= 4 is 18.5 Å². The number of rotatable bonds is 7. The fourth-order valence-electron chi connectivity index (χ4n) is 2.35. The fourth-order valence-corrected chi connectivity index (χ4v) is 2.78. The smallest absolute Gasteiger partial charge is 0.223 e. The average molecular weight is 258 g/mol. The Morgan fingerprint density at radius 2 is 2.00 bits per heavy atom. The molecule has 1 unspecified atom stereocenters. The molecule has 1 aliphatic rings. The Balaban J connectivity index is 2.51. The van der Waals surface area contributed by atoms with Gasteiger partial charge in [-0.1, -0.05) is 0 Å². The summed E-state index contributed by atoms with van der Waals surface area (Å²) in [5.74, 6) is 1.15. The molecule has 0 radical (unpaired) electrons. The van der Waals surface area contributed by atoms with Gasteiger partial charge in [0.2, 0.25) is 5.91 Å². The quantitative estimate of drug-likeness (QED) is 0.705. The maximum absolute atomic E-state index is 12.3. The van der Waals surface area contributed by atoms with Gasteiger partial charge in [0.15, 0.2) is 0 Å². The lowest BCUT2D eigenvalue weighted by atomic mass is 10.0. The zero-order valence-electron chi connectivity index (χ0n) is 11.6. The molecule has 1 rings (SSSR count). The van der Waals surface area contributed by atoms with E-state index in [4.69, 9.17) is 0 Å². The number of carbonyl (C=O) groups is 1. The second kappa shape index (κ2) is 6.10. The summed E-state index contributed by atoms with van der Waals surface area (Å²) < 4.78 is 0. The summed E-state index contributed by atoms with van der Waals surface area (Å²) in [6.45, 7) is 5.91. The van der Waals surface area contributed by atoms with Crippen LogP contribution in [0.15, 0.2) is 0 Å². The van der Waals surface area contributed by atoms with Crippen molar-refractivity contribution in [3.63, 3.8) is 0 Å². The molecule has 0 aliphatic heterocycles. The van der Waals surface area contributed by atoms with Crippen LogP contribution in [0.25, 0.3) is 0 Å². The van der Waals surface area contributed by atoms with Gasteiger partial charge >= 0.3 is 0 Å². The molecule has 17 heavy (non-hydrogen) atoms. The molecule has 0 saturated heterocycles. The van der Waals surface area contributed by atoms with Crippen LogP contribution in [0.3, 0.4) is 0 Å². The van der Waals surface area contributed by atoms with Gasteiger partial charge in [0.1, 0.15) is 0 Å². The Morgan fingerprint density at radius 3 is 2.35 bits per heavy atom. The van der Waals surface area contributed by atoms with Gasteiger partial charge in [-0.15, -0.1) is 0 Å². The molecule has 0 bridgehead atoms. The van der Waals surface area contributed by atoms with Crippen molar-refractivity contribution in [1.29, 1.82) is 0 Å². The molecular formula is C13H26N2OS. The first-order chi connectivity index (χ1) is 7.94. The van der Waals surface area contributed by atoms with Gasteiger partial charge in [0, 0.05) is 25.6 Å². The molecule has 1 aliphatic carbocycles. The third-order valence-corrected chi connectivity index (χ3v) is 4.31. The molecule has 0 spiro atoms. The first-order valence-corrected chi connectivity index (χ1v) is 7.12. The third-order valence-electron chi connectivity index (χ3n) is 3.64. The summed E-state index contributed by atoms with van der Waals surface area (Å²) in [4.78, 5) is 16.4. The predicted molar refractivity (Wildman–Crippen MR) is 75.5 cm³/mol. The molecule has 1 amide bonds. The number of carbonyl (C=O) groups excluding carboxylic acids is 1. The number of likely N-dealkylation sites (N-methyl/N-ethyl adjacent to an activating group) is 2. The highest BCUT2D eigenvalue weighted by Crippen LogP contribution is 2.49. The van der Waals surface area contributed by atoms with Crippen LogP contribution in [0.1, 0.15) is 33.1 Å². The van der Waals surface area contributed by atoms with Crippen LogP contribution in [-0.4, -0.2) is 54.7 Å². The Kier molecular flexibility index (Phi) is 5.32. The molecule has 0 N–H and O–H groups in total. The fraction of sp³-hybridized carbons (Fsp3) is 0.923. The average Bonchev–Trinajstić information content (AvgIpc) is 2.98. The molecule has 1 atom stereocenters. The van der Waals surface area contributed by atoms with Crippen molar-refractivity contribution in [3.8, 4) is 0 Å². The van der Waals surface area contributed by atoms with Crippen LogP contribution in [0.2, 0.25) is 0 Å². The van der Waals surface area contributed by atoms with Gasteiger partial charge in [0.05, 0.1) is 0 Å². The van der Waals surface area contributed by atoms with Crippen molar-refractivity contribution < 1.29 is 4.79 Å². The highest BCUT2D eigenvalue weighted by molar-refractivity contribution is 7.80. The molecule has 0 aromatic carbocycles. The van der Waals surface area contributed by atoms with E-state index in [0.29, 0.717) is 18.4 Å². The van der Waals surface area contributed by atoms with E-state index in [2.05, 4.69) is 31.4 Å². The van der Waals surface area contributed by atoms with E-state index in [9.17, 15) is 4.79 Å². The second-order valence-corrected chi connectivity index (χ2v) is 5.94. The van der Waals surface area contributed by atoms with Gasteiger partial charge in [-0.2, -0.15) is 12.6 Å². The van der Waals surface area contributed by atoms with Crippen LogP contribution in [0.4, 0.5) is 0 Å². The summed E-state index contributed by atoms with van der Waals surface area (Å²) in [5.41, 5.74) is 0.228. The lowest BCUT2D eigenvalue weighted by Crippen LogP contribution is -2.44. The zero-order chi connectivity index (χ0) is 13.1. The molecule has 100 valence electrons. The van der Waals surface area contributed by atoms with Gasteiger partial charge in [-0.05, 0) is 52.0 Å². The predicted octanol–water partition coefficient (Wildman–Crippen LogP) is 1.89. The van der Waals surface area contributed by atoms with E-state index in [1.807, 2.05) is 19.0 Å². The molecule has 0 heterocycles. The van der Waals surface area contributed by atoms with Crippen molar-refractivity contribution in [3.05, 3.63) is 0 Å².